The van der Waals surface area contributed by atoms with E-state index >= 15 is 0 Å². The normalized spacial score (nSPS) is 13.1. The fourth-order valence-corrected chi connectivity index (χ4v) is 12.2. The van der Waals surface area contributed by atoms with Gasteiger partial charge in [-0.2, -0.15) is 0 Å². The second-order valence-electron chi connectivity index (χ2n) is 18.3. The summed E-state index contributed by atoms with van der Waals surface area (Å²) >= 11 is 0. The van der Waals surface area contributed by atoms with Crippen molar-refractivity contribution in [3.8, 4) is 39.1 Å². The lowest BCUT2D eigenvalue weighted by Crippen LogP contribution is -2.26. The molecule has 13 aromatic rings. The number of benzene rings is 11. The van der Waals surface area contributed by atoms with Gasteiger partial charge < -0.3 is 13.9 Å². The molecule has 0 atom stereocenters. The monoisotopic (exact) mass is 864 g/mol. The van der Waals surface area contributed by atoms with Crippen LogP contribution >= 0.6 is 0 Å². The topological polar surface area (TPSA) is 21.3 Å². The summed E-state index contributed by atoms with van der Waals surface area (Å²) in [6.45, 7) is 0. The van der Waals surface area contributed by atoms with E-state index in [2.05, 4.69) is 252 Å². The average molecular weight is 865 g/mol. The lowest BCUT2D eigenvalue weighted by atomic mass is 9.70. The van der Waals surface area contributed by atoms with E-state index in [9.17, 15) is 0 Å². The third-order valence-corrected chi connectivity index (χ3v) is 15.0. The first kappa shape index (κ1) is 37.3. The molecule has 2 aliphatic carbocycles. The van der Waals surface area contributed by atoms with Gasteiger partial charge in [-0.3, -0.25) is 0 Å². The molecule has 2 aliphatic rings. The largest absolute Gasteiger partial charge is 0.455 e. The van der Waals surface area contributed by atoms with E-state index in [1.165, 1.54) is 77.1 Å². The standard InChI is InChI=1S/C65H40N2O/c1-2-17-42-39-63-55(38-41(42)16-1)54-25-15-24-53(64(54)68-63)52-23-8-12-29-60(52)66(43-32-34-44(35-33-43)67-61-30-13-6-21-50(61)51-22-7-14-31-62(51)67)45-36-37-49-48-20-5-11-28-58(48)65(59(49)40-45)56-26-9-3-18-46(56)47-19-4-10-27-57(47)65/h1-40H. The summed E-state index contributed by atoms with van der Waals surface area (Å²) < 4.78 is 9.32. The fourth-order valence-electron chi connectivity index (χ4n) is 12.2. The summed E-state index contributed by atoms with van der Waals surface area (Å²) in [4.78, 5) is 2.46. The first-order valence-electron chi connectivity index (χ1n) is 23.5. The number of furan rings is 1. The van der Waals surface area contributed by atoms with Crippen LogP contribution in [0.15, 0.2) is 247 Å². The molecule has 0 aliphatic heterocycles. The van der Waals surface area contributed by atoms with E-state index in [0.717, 1.165) is 55.8 Å². The molecule has 0 N–H and O–H groups in total. The summed E-state index contributed by atoms with van der Waals surface area (Å²) in [6, 6.07) is 89.3. The van der Waals surface area contributed by atoms with Crippen molar-refractivity contribution in [1.29, 1.82) is 0 Å². The van der Waals surface area contributed by atoms with E-state index in [-0.39, 0.29) is 0 Å². The van der Waals surface area contributed by atoms with Crippen LogP contribution in [0.1, 0.15) is 22.3 Å². The molecule has 0 saturated heterocycles. The molecular formula is C65H40N2O. The van der Waals surface area contributed by atoms with Gasteiger partial charge in [0.2, 0.25) is 0 Å². The predicted molar refractivity (Wildman–Crippen MR) is 282 cm³/mol. The van der Waals surface area contributed by atoms with E-state index in [0.29, 0.717) is 0 Å². The van der Waals surface area contributed by atoms with Crippen LogP contribution in [-0.4, -0.2) is 4.57 Å². The minimum Gasteiger partial charge on any atom is -0.455 e. The van der Waals surface area contributed by atoms with Crippen molar-refractivity contribution in [2.75, 3.05) is 4.90 Å². The van der Waals surface area contributed by atoms with Crippen molar-refractivity contribution in [2.45, 2.75) is 5.41 Å². The van der Waals surface area contributed by atoms with Gasteiger partial charge in [0.15, 0.2) is 0 Å². The van der Waals surface area contributed by atoms with Gasteiger partial charge >= 0.3 is 0 Å². The Balaban J connectivity index is 0.979. The highest BCUT2D eigenvalue weighted by atomic mass is 16.3. The Morgan fingerprint density at radius 1 is 0.338 bits per heavy atom. The molecule has 2 heterocycles. The zero-order valence-corrected chi connectivity index (χ0v) is 36.9. The quantitative estimate of drug-likeness (QED) is 0.172. The molecule has 316 valence electrons. The van der Waals surface area contributed by atoms with Crippen LogP contribution in [0.4, 0.5) is 17.1 Å². The molecule has 0 saturated carbocycles. The zero-order valence-electron chi connectivity index (χ0n) is 36.9. The number of hydrogen-bond donors (Lipinski definition) is 0. The molecule has 0 unspecified atom stereocenters. The van der Waals surface area contributed by atoms with Crippen LogP contribution in [0.2, 0.25) is 0 Å². The second kappa shape index (κ2) is 14.0. The SMILES string of the molecule is c1ccc(N(c2ccc(-n3c4ccccc4c4ccccc43)cc2)c2ccc3c(c2)C2(c4ccccc4-c4ccccc42)c2ccccc2-3)c(-c2cccc3c2oc2cc4ccccc4cc23)c1. The van der Waals surface area contributed by atoms with Crippen molar-refractivity contribution < 1.29 is 4.42 Å². The number of fused-ring (bicyclic) bond motifs is 17. The third-order valence-electron chi connectivity index (χ3n) is 15.0. The zero-order chi connectivity index (χ0) is 44.5. The van der Waals surface area contributed by atoms with Gasteiger partial charge in [0.05, 0.1) is 22.1 Å². The Morgan fingerprint density at radius 2 is 0.838 bits per heavy atom. The van der Waals surface area contributed by atoms with Crippen molar-refractivity contribution in [1.82, 2.24) is 4.57 Å². The fraction of sp³-hybridized carbons (Fsp3) is 0.0154. The second-order valence-corrected chi connectivity index (χ2v) is 18.3. The van der Waals surface area contributed by atoms with E-state index in [1.54, 1.807) is 0 Å². The predicted octanol–water partition coefficient (Wildman–Crippen LogP) is 17.3. The Morgan fingerprint density at radius 3 is 1.50 bits per heavy atom. The molecular weight excluding hydrogens is 825 g/mol. The lowest BCUT2D eigenvalue weighted by Gasteiger charge is -2.32. The highest BCUT2D eigenvalue weighted by molar-refractivity contribution is 6.14. The summed E-state index contributed by atoms with van der Waals surface area (Å²) in [6.07, 6.45) is 0. The molecule has 1 spiro atoms. The Hall–Kier alpha value is -8.92. The molecule has 2 aromatic heterocycles. The summed E-state index contributed by atoms with van der Waals surface area (Å²) in [7, 11) is 0. The Bertz CT molecular complexity index is 4110. The summed E-state index contributed by atoms with van der Waals surface area (Å²) in [5.74, 6) is 0. The maximum absolute atomic E-state index is 6.92. The summed E-state index contributed by atoms with van der Waals surface area (Å²) in [5.41, 5.74) is 20.6. The van der Waals surface area contributed by atoms with Gasteiger partial charge in [0.1, 0.15) is 11.2 Å². The average Bonchev–Trinajstić information content (AvgIpc) is 4.12. The lowest BCUT2D eigenvalue weighted by molar-refractivity contribution is 0.670. The third kappa shape index (κ3) is 5.02. The van der Waals surface area contributed by atoms with Crippen LogP contribution in [0, 0.1) is 0 Å². The number of rotatable bonds is 5. The highest BCUT2D eigenvalue weighted by Crippen LogP contribution is 2.63. The first-order chi connectivity index (χ1) is 33.7. The van der Waals surface area contributed by atoms with Crippen molar-refractivity contribution >= 4 is 71.6 Å². The van der Waals surface area contributed by atoms with Crippen molar-refractivity contribution in [3.05, 3.63) is 265 Å². The molecule has 68 heavy (non-hydrogen) atoms. The first-order valence-corrected chi connectivity index (χ1v) is 23.5. The summed E-state index contributed by atoms with van der Waals surface area (Å²) in [5, 5.41) is 7.10. The van der Waals surface area contributed by atoms with E-state index in [1.807, 2.05) is 0 Å². The minimum atomic E-state index is -0.482. The Labute approximate surface area is 393 Å². The van der Waals surface area contributed by atoms with Gasteiger partial charge in [-0.15, -0.1) is 0 Å². The van der Waals surface area contributed by atoms with Gasteiger partial charge in [-0.05, 0) is 122 Å². The van der Waals surface area contributed by atoms with Gasteiger partial charge in [0, 0.05) is 49.7 Å². The van der Waals surface area contributed by atoms with Gasteiger partial charge in [-0.25, -0.2) is 0 Å². The maximum Gasteiger partial charge on any atom is 0.143 e. The van der Waals surface area contributed by atoms with E-state index < -0.39 is 5.41 Å². The maximum atomic E-state index is 6.92. The molecule has 0 fully saturated rings. The number of para-hydroxylation sites is 4. The van der Waals surface area contributed by atoms with Gasteiger partial charge in [-0.1, -0.05) is 176 Å². The molecule has 0 radical (unpaired) electrons. The van der Waals surface area contributed by atoms with E-state index in [4.69, 9.17) is 4.42 Å². The van der Waals surface area contributed by atoms with Crippen molar-refractivity contribution in [2.24, 2.45) is 0 Å². The molecule has 3 heteroatoms. The smallest absolute Gasteiger partial charge is 0.143 e. The Kier molecular flexibility index (Phi) is 7.71. The van der Waals surface area contributed by atoms with Crippen LogP contribution in [0.3, 0.4) is 0 Å². The van der Waals surface area contributed by atoms with Crippen LogP contribution in [0.5, 0.6) is 0 Å². The highest BCUT2D eigenvalue weighted by Gasteiger charge is 2.51. The number of anilines is 3. The molecule has 0 bridgehead atoms. The molecule has 15 rings (SSSR count). The van der Waals surface area contributed by atoms with Crippen LogP contribution in [-0.2, 0) is 5.41 Å². The van der Waals surface area contributed by atoms with Crippen LogP contribution < -0.4 is 4.90 Å². The van der Waals surface area contributed by atoms with Gasteiger partial charge in [0.25, 0.3) is 0 Å². The molecule has 3 nitrogen and oxygen atoms in total. The minimum absolute atomic E-state index is 0.482. The number of aromatic nitrogens is 1. The number of nitrogens with zero attached hydrogens (tertiary/aromatic N) is 2. The van der Waals surface area contributed by atoms with Crippen LogP contribution in [0.25, 0.3) is 93.6 Å². The number of hydrogen-bond acceptors (Lipinski definition) is 2. The molecule has 0 amide bonds. The van der Waals surface area contributed by atoms with Crippen molar-refractivity contribution in [3.63, 3.8) is 0 Å². The molecule has 11 aromatic carbocycles.